The maximum atomic E-state index is 13.5. The van der Waals surface area contributed by atoms with Crippen molar-refractivity contribution >= 4 is 73.9 Å². The number of sulfonamides is 1. The molecule has 1 atom stereocenters. The summed E-state index contributed by atoms with van der Waals surface area (Å²) >= 11 is 24.8. The number of amides is 2. The highest BCUT2D eigenvalue weighted by Crippen LogP contribution is 2.31. The molecule has 214 valence electrons. The van der Waals surface area contributed by atoms with E-state index in [2.05, 4.69) is 5.32 Å². The van der Waals surface area contributed by atoms with Crippen LogP contribution < -0.4 is 9.62 Å². The van der Waals surface area contributed by atoms with Gasteiger partial charge >= 0.3 is 0 Å². The number of carbonyl (C=O) groups excluding carboxylic acids is 2. The molecule has 1 saturated carbocycles. The number of nitrogens with one attached hydrogen (secondary N) is 1. The van der Waals surface area contributed by atoms with Crippen LogP contribution in [0, 0.1) is 0 Å². The Kier molecular flexibility index (Phi) is 11.6. The molecule has 12 heteroatoms. The molecule has 2 aromatic carbocycles. The molecule has 1 aliphatic rings. The van der Waals surface area contributed by atoms with E-state index in [9.17, 15) is 18.0 Å². The molecule has 7 nitrogen and oxygen atoms in total. The van der Waals surface area contributed by atoms with E-state index in [4.69, 9.17) is 46.4 Å². The summed E-state index contributed by atoms with van der Waals surface area (Å²) < 4.78 is 26.2. The van der Waals surface area contributed by atoms with E-state index in [0.29, 0.717) is 20.6 Å². The van der Waals surface area contributed by atoms with Crippen molar-refractivity contribution < 1.29 is 18.0 Å². The maximum Gasteiger partial charge on any atom is 0.242 e. The number of hydrogen-bond acceptors (Lipinski definition) is 4. The third kappa shape index (κ3) is 9.15. The van der Waals surface area contributed by atoms with Gasteiger partial charge in [0, 0.05) is 40.6 Å². The zero-order valence-electron chi connectivity index (χ0n) is 21.9. The molecule has 0 aromatic heterocycles. The summed E-state index contributed by atoms with van der Waals surface area (Å²) in [6, 6.07) is 8.88. The molecule has 2 aromatic rings. The van der Waals surface area contributed by atoms with Gasteiger partial charge < -0.3 is 10.2 Å². The van der Waals surface area contributed by atoms with Gasteiger partial charge in [-0.3, -0.25) is 13.9 Å². The highest BCUT2D eigenvalue weighted by atomic mass is 35.5. The van der Waals surface area contributed by atoms with Gasteiger partial charge in [-0.1, -0.05) is 71.7 Å². The van der Waals surface area contributed by atoms with Crippen molar-refractivity contribution in [2.45, 2.75) is 70.5 Å². The van der Waals surface area contributed by atoms with Crippen molar-refractivity contribution in [3.63, 3.8) is 0 Å². The van der Waals surface area contributed by atoms with Crippen LogP contribution in [0.4, 0.5) is 5.69 Å². The summed E-state index contributed by atoms with van der Waals surface area (Å²) in [4.78, 5) is 28.2. The van der Waals surface area contributed by atoms with E-state index in [1.54, 1.807) is 31.2 Å². The molecule has 0 saturated heterocycles. The van der Waals surface area contributed by atoms with Gasteiger partial charge in [0.05, 0.1) is 17.0 Å². The molecule has 0 spiro atoms. The topological polar surface area (TPSA) is 86.8 Å². The van der Waals surface area contributed by atoms with E-state index in [1.165, 1.54) is 17.0 Å². The van der Waals surface area contributed by atoms with Gasteiger partial charge in [0.2, 0.25) is 21.8 Å². The summed E-state index contributed by atoms with van der Waals surface area (Å²) in [7, 11) is -3.71. The molecule has 1 unspecified atom stereocenters. The molecular weight excluding hydrogens is 604 g/mol. The molecule has 39 heavy (non-hydrogen) atoms. The third-order valence-electron chi connectivity index (χ3n) is 6.80. The van der Waals surface area contributed by atoms with Crippen molar-refractivity contribution in [1.29, 1.82) is 0 Å². The lowest BCUT2D eigenvalue weighted by Gasteiger charge is -2.32. The van der Waals surface area contributed by atoms with Crippen LogP contribution >= 0.6 is 46.4 Å². The van der Waals surface area contributed by atoms with Crippen LogP contribution in [0.2, 0.25) is 20.1 Å². The predicted molar refractivity (Wildman–Crippen MR) is 159 cm³/mol. The first-order valence-corrected chi connectivity index (χ1v) is 16.2. The Balaban J connectivity index is 1.77. The Bertz CT molecular complexity index is 1290. The molecule has 1 aliphatic carbocycles. The molecule has 1 fully saturated rings. The first-order chi connectivity index (χ1) is 18.4. The second kappa shape index (κ2) is 14.3. The Morgan fingerprint density at radius 1 is 0.974 bits per heavy atom. The highest BCUT2D eigenvalue weighted by Gasteiger charge is 2.29. The number of anilines is 1. The van der Waals surface area contributed by atoms with Crippen LogP contribution in [-0.4, -0.2) is 50.0 Å². The van der Waals surface area contributed by atoms with Crippen LogP contribution in [-0.2, 0) is 26.2 Å². The number of nitrogens with zero attached hydrogens (tertiary/aromatic N) is 2. The Labute approximate surface area is 250 Å². The standard InChI is InChI=1S/C27H33Cl4N3O4S/c1-18(27(36)32-22-7-4-3-5-8-22)33(17-19-10-11-20(28)15-24(19)31)26(35)9-6-14-34(39(2,37)38)25-16-21(29)12-13-23(25)30/h10-13,15-16,18,22H,3-9,14,17H2,1-2H3,(H,32,36). The largest absolute Gasteiger partial charge is 0.352 e. The number of halogens is 4. The summed E-state index contributed by atoms with van der Waals surface area (Å²) in [5, 5.41) is 4.50. The minimum absolute atomic E-state index is 0.00281. The van der Waals surface area contributed by atoms with Gasteiger partial charge in [0.15, 0.2) is 0 Å². The molecule has 0 bridgehead atoms. The second-order valence-corrected chi connectivity index (χ2v) is 13.4. The zero-order valence-corrected chi connectivity index (χ0v) is 25.8. The fourth-order valence-electron chi connectivity index (χ4n) is 4.64. The lowest BCUT2D eigenvalue weighted by Crippen LogP contribution is -2.50. The van der Waals surface area contributed by atoms with Gasteiger partial charge in [-0.25, -0.2) is 8.42 Å². The monoisotopic (exact) mass is 635 g/mol. The fraction of sp³-hybridized carbons (Fsp3) is 0.481. The maximum absolute atomic E-state index is 13.5. The number of hydrogen-bond donors (Lipinski definition) is 1. The fourth-order valence-corrected chi connectivity index (χ4v) is 6.52. The van der Waals surface area contributed by atoms with Crippen LogP contribution in [0.25, 0.3) is 0 Å². The van der Waals surface area contributed by atoms with Gasteiger partial charge in [-0.2, -0.15) is 0 Å². The van der Waals surface area contributed by atoms with Crippen LogP contribution in [0.5, 0.6) is 0 Å². The molecule has 2 amide bonds. The molecule has 0 heterocycles. The van der Waals surface area contributed by atoms with E-state index in [1.807, 2.05) is 0 Å². The molecule has 1 N–H and O–H groups in total. The van der Waals surface area contributed by atoms with E-state index >= 15 is 0 Å². The number of rotatable bonds is 11. The summed E-state index contributed by atoms with van der Waals surface area (Å²) in [5.41, 5.74) is 0.888. The van der Waals surface area contributed by atoms with Crippen molar-refractivity contribution in [3.8, 4) is 0 Å². The number of benzene rings is 2. The van der Waals surface area contributed by atoms with Crippen LogP contribution in [0.1, 0.15) is 57.4 Å². The normalized spacial score (nSPS) is 15.0. The van der Waals surface area contributed by atoms with Gasteiger partial charge in [-0.05, 0) is 62.1 Å². The minimum Gasteiger partial charge on any atom is -0.352 e. The Morgan fingerprint density at radius 2 is 1.62 bits per heavy atom. The molecular formula is C27H33Cl4N3O4S. The van der Waals surface area contributed by atoms with E-state index < -0.39 is 16.1 Å². The van der Waals surface area contributed by atoms with Crippen molar-refractivity contribution in [1.82, 2.24) is 10.2 Å². The lowest BCUT2D eigenvalue weighted by molar-refractivity contribution is -0.141. The third-order valence-corrected chi connectivity index (χ3v) is 9.13. The van der Waals surface area contributed by atoms with Gasteiger partial charge in [0.1, 0.15) is 6.04 Å². The average Bonchev–Trinajstić information content (AvgIpc) is 2.87. The van der Waals surface area contributed by atoms with Crippen molar-refractivity contribution in [2.75, 3.05) is 17.1 Å². The highest BCUT2D eigenvalue weighted by molar-refractivity contribution is 7.92. The Hall–Kier alpha value is -1.71. The predicted octanol–water partition coefficient (Wildman–Crippen LogP) is 6.71. The quantitative estimate of drug-likeness (QED) is 0.297. The summed E-state index contributed by atoms with van der Waals surface area (Å²) in [5.74, 6) is -0.540. The second-order valence-electron chi connectivity index (χ2n) is 9.81. The van der Waals surface area contributed by atoms with Crippen LogP contribution in [0.3, 0.4) is 0 Å². The minimum atomic E-state index is -3.71. The SMILES string of the molecule is CC(C(=O)NC1CCCCC1)N(Cc1ccc(Cl)cc1Cl)C(=O)CCCN(c1cc(Cl)ccc1Cl)S(C)(=O)=O. The summed E-state index contributed by atoms with van der Waals surface area (Å²) in [6.07, 6.45) is 6.38. The van der Waals surface area contributed by atoms with Crippen molar-refractivity contribution in [3.05, 3.63) is 62.1 Å². The Morgan fingerprint density at radius 3 is 2.26 bits per heavy atom. The molecule has 0 radical (unpaired) electrons. The first-order valence-electron chi connectivity index (χ1n) is 12.8. The zero-order chi connectivity index (χ0) is 28.7. The van der Waals surface area contributed by atoms with Crippen molar-refractivity contribution in [2.24, 2.45) is 0 Å². The van der Waals surface area contributed by atoms with E-state index in [-0.39, 0.29) is 54.5 Å². The summed E-state index contributed by atoms with van der Waals surface area (Å²) in [6.45, 7) is 1.79. The average molecular weight is 637 g/mol. The lowest BCUT2D eigenvalue weighted by atomic mass is 9.95. The number of carbonyl (C=O) groups is 2. The van der Waals surface area contributed by atoms with Gasteiger partial charge in [0.25, 0.3) is 0 Å². The molecule has 0 aliphatic heterocycles. The van der Waals surface area contributed by atoms with E-state index in [0.717, 1.165) is 42.7 Å². The first kappa shape index (κ1) is 31.8. The molecule has 3 rings (SSSR count). The van der Waals surface area contributed by atoms with Crippen LogP contribution in [0.15, 0.2) is 36.4 Å². The smallest absolute Gasteiger partial charge is 0.242 e. The van der Waals surface area contributed by atoms with Gasteiger partial charge in [-0.15, -0.1) is 0 Å².